The van der Waals surface area contributed by atoms with Crippen LogP contribution < -0.4 is 4.90 Å². The van der Waals surface area contributed by atoms with Crippen LogP contribution in [0.5, 0.6) is 0 Å². The Bertz CT molecular complexity index is 456. The van der Waals surface area contributed by atoms with E-state index in [2.05, 4.69) is 28.9 Å². The van der Waals surface area contributed by atoms with Crippen LogP contribution in [0.1, 0.15) is 6.92 Å². The normalized spacial score (nSPS) is 10.1. The van der Waals surface area contributed by atoms with Crippen molar-refractivity contribution in [1.82, 2.24) is 4.98 Å². The van der Waals surface area contributed by atoms with Crippen molar-refractivity contribution in [3.05, 3.63) is 53.7 Å². The molecule has 0 aliphatic rings. The largest absolute Gasteiger partial charge is 0.327 e. The first-order valence-electron chi connectivity index (χ1n) is 5.26. The molecule has 0 aliphatic heterocycles. The standard InChI is InChI=1S/C13H13ClN2/c1-2-16(11-7-4-3-5-8-11)13-10-6-9-12(14)15-13/h3-10H,2H2,1H3. The van der Waals surface area contributed by atoms with Gasteiger partial charge in [0.05, 0.1) is 0 Å². The molecule has 0 bridgehead atoms. The highest BCUT2D eigenvalue weighted by molar-refractivity contribution is 6.29. The smallest absolute Gasteiger partial charge is 0.134 e. The molecule has 2 aromatic rings. The third-order valence-electron chi connectivity index (χ3n) is 2.36. The number of hydrogen-bond donors (Lipinski definition) is 0. The van der Waals surface area contributed by atoms with Crippen LogP contribution in [0.2, 0.25) is 5.15 Å². The summed E-state index contributed by atoms with van der Waals surface area (Å²) in [7, 11) is 0. The van der Waals surface area contributed by atoms with Gasteiger partial charge in [-0.25, -0.2) is 4.98 Å². The van der Waals surface area contributed by atoms with E-state index in [1.807, 2.05) is 30.3 Å². The van der Waals surface area contributed by atoms with Gasteiger partial charge in [0, 0.05) is 12.2 Å². The van der Waals surface area contributed by atoms with E-state index >= 15 is 0 Å². The molecule has 0 saturated carbocycles. The van der Waals surface area contributed by atoms with Crippen molar-refractivity contribution in [3.8, 4) is 0 Å². The van der Waals surface area contributed by atoms with Gasteiger partial charge in [0.15, 0.2) is 0 Å². The molecule has 0 atom stereocenters. The lowest BCUT2D eigenvalue weighted by Crippen LogP contribution is -2.17. The Morgan fingerprint density at radius 3 is 2.44 bits per heavy atom. The SMILES string of the molecule is CCN(c1ccccc1)c1cccc(Cl)n1. The van der Waals surface area contributed by atoms with Crippen LogP contribution in [0.25, 0.3) is 0 Å². The van der Waals surface area contributed by atoms with E-state index in [1.165, 1.54) is 0 Å². The molecule has 0 fully saturated rings. The molecule has 1 aromatic heterocycles. The summed E-state index contributed by atoms with van der Waals surface area (Å²) in [5.74, 6) is 0.876. The van der Waals surface area contributed by atoms with E-state index in [-0.39, 0.29) is 0 Å². The van der Waals surface area contributed by atoms with Gasteiger partial charge in [-0.3, -0.25) is 0 Å². The zero-order valence-corrected chi connectivity index (χ0v) is 9.85. The highest BCUT2D eigenvalue weighted by atomic mass is 35.5. The van der Waals surface area contributed by atoms with Crippen molar-refractivity contribution < 1.29 is 0 Å². The van der Waals surface area contributed by atoms with Crippen molar-refractivity contribution in [2.75, 3.05) is 11.4 Å². The quantitative estimate of drug-likeness (QED) is 0.747. The van der Waals surface area contributed by atoms with Gasteiger partial charge >= 0.3 is 0 Å². The van der Waals surface area contributed by atoms with Crippen molar-refractivity contribution in [3.63, 3.8) is 0 Å². The molecule has 2 nitrogen and oxygen atoms in total. The summed E-state index contributed by atoms with van der Waals surface area (Å²) in [5.41, 5.74) is 1.12. The van der Waals surface area contributed by atoms with E-state index in [9.17, 15) is 0 Å². The monoisotopic (exact) mass is 232 g/mol. The zero-order valence-electron chi connectivity index (χ0n) is 9.10. The summed E-state index contributed by atoms with van der Waals surface area (Å²) in [6.07, 6.45) is 0. The lowest BCUT2D eigenvalue weighted by Gasteiger charge is -2.21. The third-order valence-corrected chi connectivity index (χ3v) is 2.57. The minimum absolute atomic E-state index is 0.520. The molecule has 0 radical (unpaired) electrons. The zero-order chi connectivity index (χ0) is 11.4. The van der Waals surface area contributed by atoms with E-state index in [0.29, 0.717) is 5.15 Å². The topological polar surface area (TPSA) is 16.1 Å². The van der Waals surface area contributed by atoms with Crippen LogP contribution in [0, 0.1) is 0 Å². The Kier molecular flexibility index (Phi) is 3.42. The van der Waals surface area contributed by atoms with Crippen molar-refractivity contribution in [1.29, 1.82) is 0 Å². The second-order valence-corrected chi connectivity index (χ2v) is 3.79. The van der Waals surface area contributed by atoms with Crippen LogP contribution in [-0.2, 0) is 0 Å². The van der Waals surface area contributed by atoms with Crippen LogP contribution in [-0.4, -0.2) is 11.5 Å². The minimum Gasteiger partial charge on any atom is -0.327 e. The van der Waals surface area contributed by atoms with Gasteiger partial charge in [-0.1, -0.05) is 35.9 Å². The minimum atomic E-state index is 0.520. The Morgan fingerprint density at radius 1 is 1.06 bits per heavy atom. The Labute approximate surface area is 101 Å². The first kappa shape index (κ1) is 11.0. The molecule has 3 heteroatoms. The number of hydrogen-bond acceptors (Lipinski definition) is 2. The molecule has 2 rings (SSSR count). The molecule has 0 saturated heterocycles. The lowest BCUT2D eigenvalue weighted by molar-refractivity contribution is 0.990. The van der Waals surface area contributed by atoms with Crippen LogP contribution in [0.3, 0.4) is 0 Å². The van der Waals surface area contributed by atoms with Crippen LogP contribution in [0.4, 0.5) is 11.5 Å². The van der Waals surface area contributed by atoms with Gasteiger partial charge in [-0.15, -0.1) is 0 Å². The third kappa shape index (κ3) is 2.34. The van der Waals surface area contributed by atoms with Crippen molar-refractivity contribution >= 4 is 23.1 Å². The number of rotatable bonds is 3. The predicted octanol–water partition coefficient (Wildman–Crippen LogP) is 3.89. The average Bonchev–Trinajstić information content (AvgIpc) is 2.31. The van der Waals surface area contributed by atoms with Gasteiger partial charge in [0.25, 0.3) is 0 Å². The second-order valence-electron chi connectivity index (χ2n) is 3.40. The molecule has 1 heterocycles. The number of aromatic nitrogens is 1. The maximum atomic E-state index is 5.90. The fraction of sp³-hybridized carbons (Fsp3) is 0.154. The van der Waals surface area contributed by atoms with Crippen molar-refractivity contribution in [2.24, 2.45) is 0 Å². The van der Waals surface area contributed by atoms with E-state index in [4.69, 9.17) is 11.6 Å². The van der Waals surface area contributed by atoms with Gasteiger partial charge in [0.1, 0.15) is 11.0 Å². The molecule has 16 heavy (non-hydrogen) atoms. The molecule has 1 aromatic carbocycles. The maximum Gasteiger partial charge on any atom is 0.134 e. The van der Waals surface area contributed by atoms with Gasteiger partial charge in [-0.2, -0.15) is 0 Å². The van der Waals surface area contributed by atoms with E-state index < -0.39 is 0 Å². The van der Waals surface area contributed by atoms with Crippen LogP contribution in [0.15, 0.2) is 48.5 Å². The number of benzene rings is 1. The summed E-state index contributed by atoms with van der Waals surface area (Å²) in [5, 5.41) is 0.520. The molecule has 0 aliphatic carbocycles. The molecular weight excluding hydrogens is 220 g/mol. The summed E-state index contributed by atoms with van der Waals surface area (Å²) in [6, 6.07) is 15.8. The van der Waals surface area contributed by atoms with Gasteiger partial charge in [-0.05, 0) is 31.2 Å². The number of pyridine rings is 1. The van der Waals surface area contributed by atoms with Gasteiger partial charge in [0.2, 0.25) is 0 Å². The summed E-state index contributed by atoms with van der Waals surface area (Å²) < 4.78 is 0. The Hall–Kier alpha value is -1.54. The summed E-state index contributed by atoms with van der Waals surface area (Å²) >= 11 is 5.90. The number of para-hydroxylation sites is 1. The Balaban J connectivity index is 2.37. The van der Waals surface area contributed by atoms with Crippen molar-refractivity contribution in [2.45, 2.75) is 6.92 Å². The molecule has 0 spiro atoms. The van der Waals surface area contributed by atoms with Crippen LogP contribution >= 0.6 is 11.6 Å². The number of halogens is 1. The predicted molar refractivity (Wildman–Crippen MR) is 68.4 cm³/mol. The van der Waals surface area contributed by atoms with E-state index in [0.717, 1.165) is 18.1 Å². The van der Waals surface area contributed by atoms with Gasteiger partial charge < -0.3 is 4.90 Å². The maximum absolute atomic E-state index is 5.90. The fourth-order valence-corrected chi connectivity index (χ4v) is 1.79. The highest BCUT2D eigenvalue weighted by Gasteiger charge is 2.07. The average molecular weight is 233 g/mol. The number of nitrogens with zero attached hydrogens (tertiary/aromatic N) is 2. The fourth-order valence-electron chi connectivity index (χ4n) is 1.63. The molecule has 0 unspecified atom stereocenters. The summed E-state index contributed by atoms with van der Waals surface area (Å²) in [4.78, 5) is 6.43. The summed E-state index contributed by atoms with van der Waals surface area (Å²) in [6.45, 7) is 2.95. The Morgan fingerprint density at radius 2 is 1.81 bits per heavy atom. The lowest BCUT2D eigenvalue weighted by atomic mass is 10.3. The van der Waals surface area contributed by atoms with E-state index in [1.54, 1.807) is 6.07 Å². The molecular formula is C13H13ClN2. The first-order chi connectivity index (χ1) is 7.81. The molecule has 0 N–H and O–H groups in total. The molecule has 0 amide bonds. The highest BCUT2D eigenvalue weighted by Crippen LogP contribution is 2.23. The first-order valence-corrected chi connectivity index (χ1v) is 5.64. The molecule has 82 valence electrons. The number of anilines is 2. The second kappa shape index (κ2) is 4.99.